The van der Waals surface area contributed by atoms with Gasteiger partial charge in [0.2, 0.25) is 5.91 Å². The molecule has 0 heterocycles. The van der Waals surface area contributed by atoms with Crippen molar-refractivity contribution in [3.8, 4) is 11.1 Å². The third kappa shape index (κ3) is 5.10. The number of carboxylic acids is 1. The van der Waals surface area contributed by atoms with Gasteiger partial charge in [-0.25, -0.2) is 4.79 Å². The first kappa shape index (κ1) is 23.3. The number of nitrogens with zero attached hydrogens (tertiary/aromatic N) is 1. The van der Waals surface area contributed by atoms with Crippen LogP contribution in [0.4, 0.5) is 4.79 Å². The molecule has 0 atom stereocenters. The topological polar surface area (TPSA) is 95.9 Å². The van der Waals surface area contributed by atoms with Crippen LogP contribution < -0.4 is 5.32 Å². The molecule has 2 aromatic rings. The van der Waals surface area contributed by atoms with Crippen LogP contribution in [0.5, 0.6) is 0 Å². The van der Waals surface area contributed by atoms with Crippen LogP contribution in [0.2, 0.25) is 0 Å². The van der Waals surface area contributed by atoms with E-state index in [1.54, 1.807) is 13.8 Å². The standard InChI is InChI=1S/C25H30N2O5/c1-4-14-27(15-13-22(28)29)23(30)25(2,3)26-24(31)32-16-21-19-11-7-5-9-17(19)18-10-6-8-12-20(18)21/h5-12,21H,4,13-16H2,1-3H3,(H,26,31)(H,28,29). The predicted octanol–water partition coefficient (Wildman–Crippen LogP) is 4.02. The number of hydrogen-bond donors (Lipinski definition) is 2. The number of rotatable bonds is 9. The van der Waals surface area contributed by atoms with Gasteiger partial charge < -0.3 is 20.1 Å². The second-order valence-electron chi connectivity index (χ2n) is 8.51. The lowest BCUT2D eigenvalue weighted by Gasteiger charge is -2.32. The lowest BCUT2D eigenvalue weighted by Crippen LogP contribution is -2.56. The van der Waals surface area contributed by atoms with Crippen LogP contribution in [-0.4, -0.2) is 53.2 Å². The number of ether oxygens (including phenoxy) is 1. The Balaban J connectivity index is 1.65. The Morgan fingerprint density at radius 2 is 1.56 bits per heavy atom. The molecule has 32 heavy (non-hydrogen) atoms. The number of alkyl carbamates (subject to hydrolysis) is 1. The maximum Gasteiger partial charge on any atom is 0.408 e. The van der Waals surface area contributed by atoms with E-state index >= 15 is 0 Å². The summed E-state index contributed by atoms with van der Waals surface area (Å²) in [5, 5.41) is 11.6. The van der Waals surface area contributed by atoms with E-state index in [4.69, 9.17) is 9.84 Å². The van der Waals surface area contributed by atoms with Crippen LogP contribution in [0.3, 0.4) is 0 Å². The van der Waals surface area contributed by atoms with E-state index in [0.29, 0.717) is 13.0 Å². The molecule has 170 valence electrons. The van der Waals surface area contributed by atoms with Crippen molar-refractivity contribution >= 4 is 18.0 Å². The number of aliphatic carboxylic acids is 1. The normalized spacial score (nSPS) is 12.6. The van der Waals surface area contributed by atoms with Crippen LogP contribution in [0.25, 0.3) is 11.1 Å². The minimum Gasteiger partial charge on any atom is -0.481 e. The van der Waals surface area contributed by atoms with E-state index in [0.717, 1.165) is 22.3 Å². The van der Waals surface area contributed by atoms with E-state index in [1.165, 1.54) is 4.90 Å². The highest BCUT2D eigenvalue weighted by Gasteiger charge is 2.35. The Labute approximate surface area is 188 Å². The fraction of sp³-hybridized carbons (Fsp3) is 0.400. The molecule has 0 saturated heterocycles. The first-order valence-corrected chi connectivity index (χ1v) is 10.9. The maximum absolute atomic E-state index is 13.0. The van der Waals surface area contributed by atoms with Crippen LogP contribution in [0.15, 0.2) is 48.5 Å². The number of benzene rings is 2. The molecule has 0 radical (unpaired) electrons. The molecule has 2 amide bonds. The molecule has 0 unspecified atom stereocenters. The van der Waals surface area contributed by atoms with Crippen LogP contribution in [-0.2, 0) is 14.3 Å². The zero-order chi connectivity index (χ0) is 23.3. The summed E-state index contributed by atoms with van der Waals surface area (Å²) in [5.74, 6) is -1.38. The highest BCUT2D eigenvalue weighted by atomic mass is 16.5. The molecule has 7 nitrogen and oxygen atoms in total. The minimum atomic E-state index is -1.23. The fourth-order valence-electron chi connectivity index (χ4n) is 4.15. The summed E-state index contributed by atoms with van der Waals surface area (Å²) in [6.45, 7) is 5.77. The summed E-state index contributed by atoms with van der Waals surface area (Å²) in [6, 6.07) is 16.1. The molecular weight excluding hydrogens is 408 g/mol. The van der Waals surface area contributed by atoms with Crippen molar-refractivity contribution in [1.82, 2.24) is 10.2 Å². The third-order valence-corrected chi connectivity index (χ3v) is 5.67. The molecule has 7 heteroatoms. The SMILES string of the molecule is CCCN(CCC(=O)O)C(=O)C(C)(C)NC(=O)OCC1c2ccccc2-c2ccccc21. The average molecular weight is 439 g/mol. The molecule has 0 saturated carbocycles. The lowest BCUT2D eigenvalue weighted by molar-refractivity contribution is -0.140. The molecule has 1 aliphatic rings. The first-order valence-electron chi connectivity index (χ1n) is 10.9. The third-order valence-electron chi connectivity index (χ3n) is 5.67. The second kappa shape index (κ2) is 9.85. The molecule has 2 aromatic carbocycles. The average Bonchev–Trinajstić information content (AvgIpc) is 3.08. The van der Waals surface area contributed by atoms with E-state index < -0.39 is 17.6 Å². The van der Waals surface area contributed by atoms with Crippen LogP contribution in [0, 0.1) is 0 Å². The summed E-state index contributed by atoms with van der Waals surface area (Å²) in [5.41, 5.74) is 3.28. The Morgan fingerprint density at radius 1 is 1.00 bits per heavy atom. The van der Waals surface area contributed by atoms with Gasteiger partial charge in [-0.05, 0) is 42.5 Å². The van der Waals surface area contributed by atoms with E-state index in [9.17, 15) is 14.4 Å². The van der Waals surface area contributed by atoms with Gasteiger partial charge >= 0.3 is 12.1 Å². The molecule has 0 aromatic heterocycles. The van der Waals surface area contributed by atoms with Gasteiger partial charge in [-0.15, -0.1) is 0 Å². The summed E-state index contributed by atoms with van der Waals surface area (Å²) < 4.78 is 5.55. The van der Waals surface area contributed by atoms with Crippen molar-refractivity contribution in [3.63, 3.8) is 0 Å². The summed E-state index contributed by atoms with van der Waals surface area (Å²) >= 11 is 0. The van der Waals surface area contributed by atoms with Crippen molar-refractivity contribution in [1.29, 1.82) is 0 Å². The Morgan fingerprint density at radius 3 is 2.09 bits per heavy atom. The van der Waals surface area contributed by atoms with Gasteiger partial charge in [-0.1, -0.05) is 55.5 Å². The van der Waals surface area contributed by atoms with Gasteiger partial charge in [0.25, 0.3) is 0 Å². The highest BCUT2D eigenvalue weighted by Crippen LogP contribution is 2.44. The van der Waals surface area contributed by atoms with Crippen molar-refractivity contribution < 1.29 is 24.2 Å². The van der Waals surface area contributed by atoms with Gasteiger partial charge in [0.05, 0.1) is 6.42 Å². The van der Waals surface area contributed by atoms with Crippen LogP contribution >= 0.6 is 0 Å². The number of carbonyl (C=O) groups excluding carboxylic acids is 2. The molecule has 2 N–H and O–H groups in total. The highest BCUT2D eigenvalue weighted by molar-refractivity contribution is 5.89. The van der Waals surface area contributed by atoms with Gasteiger partial charge in [0, 0.05) is 19.0 Å². The Bertz CT molecular complexity index is 956. The lowest BCUT2D eigenvalue weighted by atomic mass is 9.98. The number of amides is 2. The van der Waals surface area contributed by atoms with E-state index in [1.807, 2.05) is 43.3 Å². The fourth-order valence-corrected chi connectivity index (χ4v) is 4.15. The van der Waals surface area contributed by atoms with Gasteiger partial charge in [-0.3, -0.25) is 9.59 Å². The quantitative estimate of drug-likeness (QED) is 0.617. The summed E-state index contributed by atoms with van der Waals surface area (Å²) in [7, 11) is 0. The zero-order valence-corrected chi connectivity index (χ0v) is 18.8. The molecular formula is C25H30N2O5. The Hall–Kier alpha value is -3.35. The first-order chi connectivity index (χ1) is 15.2. The molecule has 0 bridgehead atoms. The van der Waals surface area contributed by atoms with Gasteiger partial charge in [0.15, 0.2) is 0 Å². The number of hydrogen-bond acceptors (Lipinski definition) is 4. The molecule has 0 fully saturated rings. The molecule has 1 aliphatic carbocycles. The number of carboxylic acid groups (broad SMARTS) is 1. The van der Waals surface area contributed by atoms with Gasteiger partial charge in [0.1, 0.15) is 12.1 Å². The summed E-state index contributed by atoms with van der Waals surface area (Å²) in [4.78, 5) is 37.9. The monoisotopic (exact) mass is 438 g/mol. The van der Waals surface area contributed by atoms with E-state index in [2.05, 4.69) is 17.4 Å². The zero-order valence-electron chi connectivity index (χ0n) is 18.8. The second-order valence-corrected chi connectivity index (χ2v) is 8.51. The molecule has 3 rings (SSSR count). The molecule has 0 aliphatic heterocycles. The number of carbonyl (C=O) groups is 3. The largest absolute Gasteiger partial charge is 0.481 e. The van der Waals surface area contributed by atoms with Crippen molar-refractivity contribution in [2.75, 3.05) is 19.7 Å². The van der Waals surface area contributed by atoms with Crippen molar-refractivity contribution in [2.45, 2.75) is 45.1 Å². The maximum atomic E-state index is 13.0. The number of fused-ring (bicyclic) bond motifs is 3. The Kier molecular flexibility index (Phi) is 7.18. The predicted molar refractivity (Wildman–Crippen MR) is 121 cm³/mol. The molecule has 0 spiro atoms. The van der Waals surface area contributed by atoms with Crippen molar-refractivity contribution in [2.24, 2.45) is 0 Å². The van der Waals surface area contributed by atoms with Gasteiger partial charge in [-0.2, -0.15) is 0 Å². The van der Waals surface area contributed by atoms with E-state index in [-0.39, 0.29) is 31.4 Å². The van der Waals surface area contributed by atoms with Crippen molar-refractivity contribution in [3.05, 3.63) is 59.7 Å². The minimum absolute atomic E-state index is 0.0703. The number of nitrogens with one attached hydrogen (secondary N) is 1. The van der Waals surface area contributed by atoms with Crippen LogP contribution in [0.1, 0.15) is 50.7 Å². The smallest absolute Gasteiger partial charge is 0.408 e. The summed E-state index contributed by atoms with van der Waals surface area (Å²) in [6.07, 6.45) is -0.140.